The third-order valence-corrected chi connectivity index (χ3v) is 5.07. The van der Waals surface area contributed by atoms with Crippen LogP contribution < -0.4 is 21.4 Å². The molecule has 160 valence electrons. The Labute approximate surface area is 174 Å². The van der Waals surface area contributed by atoms with Gasteiger partial charge in [-0.1, -0.05) is 26.2 Å². The van der Waals surface area contributed by atoms with Gasteiger partial charge in [-0.15, -0.1) is 0 Å². The molecule has 9 heteroatoms. The van der Waals surface area contributed by atoms with Gasteiger partial charge >= 0.3 is 5.69 Å². The first-order chi connectivity index (χ1) is 14.5. The molecule has 0 fully saturated rings. The number of fused-ring (bicyclic) bond motifs is 1. The maximum atomic E-state index is 12.5. The number of nitrogens with zero attached hydrogens (tertiary/aromatic N) is 4. The molecule has 0 saturated heterocycles. The number of benzene rings is 1. The number of hydrogen-bond acceptors (Lipinski definition) is 6. The van der Waals surface area contributed by atoms with Crippen molar-refractivity contribution in [3.8, 4) is 5.75 Å². The van der Waals surface area contributed by atoms with Crippen molar-refractivity contribution in [3.05, 3.63) is 50.7 Å². The first-order valence-electron chi connectivity index (χ1n) is 10.1. The Morgan fingerprint density at radius 1 is 1.20 bits per heavy atom. The van der Waals surface area contributed by atoms with Crippen LogP contribution in [0.1, 0.15) is 45.1 Å². The van der Waals surface area contributed by atoms with Gasteiger partial charge in [-0.05, 0) is 43.2 Å². The highest BCUT2D eigenvalue weighted by atomic mass is 16.5. The van der Waals surface area contributed by atoms with Gasteiger partial charge in [0.25, 0.3) is 5.56 Å². The molecule has 2 aromatic heterocycles. The lowest BCUT2D eigenvalue weighted by Crippen LogP contribution is -2.29. The first kappa shape index (κ1) is 21.4. The van der Waals surface area contributed by atoms with E-state index in [0.717, 1.165) is 42.7 Å². The minimum absolute atomic E-state index is 0.332. The number of aryl methyl sites for hydroxylation is 2. The molecule has 2 N–H and O–H groups in total. The van der Waals surface area contributed by atoms with Gasteiger partial charge in [-0.25, -0.2) is 10.2 Å². The van der Waals surface area contributed by atoms with Gasteiger partial charge < -0.3 is 9.30 Å². The normalized spacial score (nSPS) is 11.8. The number of anilines is 1. The average Bonchev–Trinajstić information content (AvgIpc) is 3.12. The SMILES string of the molecule is CCCCCCn1c(N/N=C(\C)c2ccc(OC)cc2)nc2c1c(=O)[nH]c(=O)n2C. The summed E-state index contributed by atoms with van der Waals surface area (Å²) in [6.07, 6.45) is 4.19. The van der Waals surface area contributed by atoms with Crippen LogP contribution in [0, 0.1) is 0 Å². The molecule has 0 radical (unpaired) electrons. The predicted octanol–water partition coefficient (Wildman–Crippen LogP) is 2.85. The van der Waals surface area contributed by atoms with Crippen molar-refractivity contribution >= 4 is 22.8 Å². The first-order valence-corrected chi connectivity index (χ1v) is 10.1. The van der Waals surface area contributed by atoms with Crippen molar-refractivity contribution in [1.82, 2.24) is 19.1 Å². The molecule has 0 amide bonds. The third kappa shape index (κ3) is 4.45. The van der Waals surface area contributed by atoms with Gasteiger partial charge in [-0.2, -0.15) is 10.1 Å². The molecule has 0 spiro atoms. The van der Waals surface area contributed by atoms with Crippen molar-refractivity contribution in [2.45, 2.75) is 46.1 Å². The Balaban J connectivity index is 1.96. The van der Waals surface area contributed by atoms with E-state index in [2.05, 4.69) is 27.4 Å². The van der Waals surface area contributed by atoms with E-state index < -0.39 is 11.2 Å². The van der Waals surface area contributed by atoms with Crippen LogP contribution in [0.25, 0.3) is 11.2 Å². The van der Waals surface area contributed by atoms with Gasteiger partial charge in [0.15, 0.2) is 11.2 Å². The summed E-state index contributed by atoms with van der Waals surface area (Å²) in [4.78, 5) is 31.3. The van der Waals surface area contributed by atoms with E-state index in [1.807, 2.05) is 31.2 Å². The summed E-state index contributed by atoms with van der Waals surface area (Å²) in [6.45, 7) is 4.64. The number of hydrogen-bond donors (Lipinski definition) is 2. The van der Waals surface area contributed by atoms with Crippen LogP contribution in [0.2, 0.25) is 0 Å². The van der Waals surface area contributed by atoms with Gasteiger partial charge in [0.2, 0.25) is 5.95 Å². The Bertz CT molecular complexity index is 1150. The van der Waals surface area contributed by atoms with Crippen molar-refractivity contribution < 1.29 is 4.74 Å². The standard InChI is InChI=1S/C21H28N6O3/c1-5-6-7-8-13-27-17-18(26(3)21(29)23-19(17)28)22-20(27)25-24-14(2)15-9-11-16(30-4)12-10-15/h9-12H,5-8,13H2,1-4H3,(H,22,25)(H,23,28,29)/b24-14+. The Hall–Kier alpha value is -3.36. The zero-order valence-electron chi connectivity index (χ0n) is 17.9. The highest BCUT2D eigenvalue weighted by molar-refractivity contribution is 5.99. The monoisotopic (exact) mass is 412 g/mol. The van der Waals surface area contributed by atoms with Crippen molar-refractivity contribution in [1.29, 1.82) is 0 Å². The number of methoxy groups -OCH3 is 1. The molecule has 3 rings (SSSR count). The number of nitrogens with one attached hydrogen (secondary N) is 2. The fourth-order valence-electron chi connectivity index (χ4n) is 3.26. The molecule has 3 aromatic rings. The molecule has 9 nitrogen and oxygen atoms in total. The van der Waals surface area contributed by atoms with Crippen LogP contribution >= 0.6 is 0 Å². The molecule has 0 atom stereocenters. The van der Waals surface area contributed by atoms with Gasteiger partial charge in [-0.3, -0.25) is 14.3 Å². The number of rotatable bonds is 9. The topological polar surface area (TPSA) is 106 Å². The van der Waals surface area contributed by atoms with E-state index in [-0.39, 0.29) is 0 Å². The largest absolute Gasteiger partial charge is 0.497 e. The molecule has 30 heavy (non-hydrogen) atoms. The Morgan fingerprint density at radius 3 is 2.60 bits per heavy atom. The zero-order chi connectivity index (χ0) is 21.7. The second-order valence-corrected chi connectivity index (χ2v) is 7.18. The number of H-pyrrole nitrogens is 1. The smallest absolute Gasteiger partial charge is 0.329 e. The molecular weight excluding hydrogens is 384 g/mol. The molecule has 0 unspecified atom stereocenters. The highest BCUT2D eigenvalue weighted by Gasteiger charge is 2.17. The quantitative estimate of drug-likeness (QED) is 0.319. The summed E-state index contributed by atoms with van der Waals surface area (Å²) in [5, 5.41) is 4.45. The van der Waals surface area contributed by atoms with E-state index in [1.165, 1.54) is 4.57 Å². The summed E-state index contributed by atoms with van der Waals surface area (Å²) >= 11 is 0. The van der Waals surface area contributed by atoms with Crippen LogP contribution in [0.15, 0.2) is 39.0 Å². The van der Waals surface area contributed by atoms with Crippen molar-refractivity contribution in [2.75, 3.05) is 12.5 Å². The number of unbranched alkanes of at least 4 members (excludes halogenated alkanes) is 3. The number of aromatic nitrogens is 4. The predicted molar refractivity (Wildman–Crippen MR) is 119 cm³/mol. The molecule has 0 aliphatic rings. The summed E-state index contributed by atoms with van der Waals surface area (Å²) in [5.74, 6) is 1.20. The minimum Gasteiger partial charge on any atom is -0.497 e. The second kappa shape index (κ2) is 9.43. The summed E-state index contributed by atoms with van der Waals surface area (Å²) in [7, 11) is 3.21. The minimum atomic E-state index is -0.493. The van der Waals surface area contributed by atoms with Crippen LogP contribution in [0.4, 0.5) is 5.95 Å². The molecule has 0 aliphatic heterocycles. The molecular formula is C21H28N6O3. The fraction of sp³-hybridized carbons (Fsp3) is 0.429. The lowest BCUT2D eigenvalue weighted by atomic mass is 10.1. The van der Waals surface area contributed by atoms with E-state index in [9.17, 15) is 9.59 Å². The van der Waals surface area contributed by atoms with Crippen LogP contribution in [0.5, 0.6) is 5.75 Å². The Morgan fingerprint density at radius 2 is 1.93 bits per heavy atom. The Kier molecular flexibility index (Phi) is 6.71. The third-order valence-electron chi connectivity index (χ3n) is 5.07. The number of imidazole rings is 1. The lowest BCUT2D eigenvalue weighted by molar-refractivity contribution is 0.415. The van der Waals surface area contributed by atoms with Gasteiger partial charge in [0.05, 0.1) is 12.8 Å². The number of hydrazone groups is 1. The van der Waals surface area contributed by atoms with Crippen molar-refractivity contribution in [3.63, 3.8) is 0 Å². The van der Waals surface area contributed by atoms with Crippen LogP contribution in [-0.4, -0.2) is 31.9 Å². The second-order valence-electron chi connectivity index (χ2n) is 7.18. The summed E-state index contributed by atoms with van der Waals surface area (Å²) in [5.41, 5.74) is 4.43. The summed E-state index contributed by atoms with van der Waals surface area (Å²) < 4.78 is 8.32. The number of aromatic amines is 1. The maximum Gasteiger partial charge on any atom is 0.329 e. The van der Waals surface area contributed by atoms with Crippen LogP contribution in [0.3, 0.4) is 0 Å². The van der Waals surface area contributed by atoms with Crippen molar-refractivity contribution in [2.24, 2.45) is 12.1 Å². The number of ether oxygens (including phenoxy) is 1. The van der Waals surface area contributed by atoms with E-state index in [0.29, 0.717) is 23.7 Å². The average molecular weight is 412 g/mol. The molecule has 2 heterocycles. The van der Waals surface area contributed by atoms with Crippen LogP contribution in [-0.2, 0) is 13.6 Å². The fourth-order valence-corrected chi connectivity index (χ4v) is 3.26. The summed E-state index contributed by atoms with van der Waals surface area (Å²) in [6, 6.07) is 7.57. The lowest BCUT2D eigenvalue weighted by Gasteiger charge is -2.09. The van der Waals surface area contributed by atoms with E-state index in [4.69, 9.17) is 4.74 Å². The highest BCUT2D eigenvalue weighted by Crippen LogP contribution is 2.18. The maximum absolute atomic E-state index is 12.5. The van der Waals surface area contributed by atoms with Gasteiger partial charge in [0, 0.05) is 13.6 Å². The molecule has 0 aliphatic carbocycles. The zero-order valence-corrected chi connectivity index (χ0v) is 17.9. The molecule has 1 aromatic carbocycles. The molecule has 0 bridgehead atoms. The van der Waals surface area contributed by atoms with E-state index >= 15 is 0 Å². The van der Waals surface area contributed by atoms with Gasteiger partial charge in [0.1, 0.15) is 5.75 Å². The molecule has 0 saturated carbocycles. The van der Waals surface area contributed by atoms with E-state index in [1.54, 1.807) is 18.7 Å².